The Morgan fingerprint density at radius 3 is 2.33 bits per heavy atom. The number of amides is 1. The van der Waals surface area contributed by atoms with Crippen molar-refractivity contribution in [2.45, 2.75) is 44.7 Å². The maximum absolute atomic E-state index is 14.0. The van der Waals surface area contributed by atoms with Crippen LogP contribution in [0.1, 0.15) is 39.2 Å². The Morgan fingerprint density at radius 2 is 1.70 bits per heavy atom. The number of para-hydroxylation sites is 1. The minimum atomic E-state index is -0.363. The summed E-state index contributed by atoms with van der Waals surface area (Å²) in [4.78, 5) is 39.9. The Kier molecular flexibility index (Phi) is 7.46. The molecule has 0 radical (unpaired) electrons. The van der Waals surface area contributed by atoms with Crippen LogP contribution in [-0.2, 0) is 4.79 Å². The first-order chi connectivity index (χ1) is 20.8. The van der Waals surface area contributed by atoms with E-state index in [1.807, 2.05) is 44.2 Å². The smallest absolute Gasteiger partial charge is 0.335 e. The van der Waals surface area contributed by atoms with E-state index in [-0.39, 0.29) is 34.6 Å². The molecule has 43 heavy (non-hydrogen) atoms. The number of nitriles is 1. The van der Waals surface area contributed by atoms with Gasteiger partial charge in [0, 0.05) is 37.8 Å². The quantitative estimate of drug-likeness (QED) is 0.256. The minimum Gasteiger partial charge on any atom is -0.457 e. The van der Waals surface area contributed by atoms with E-state index in [4.69, 9.17) is 10.5 Å². The highest BCUT2D eigenvalue weighted by Crippen LogP contribution is 2.30. The van der Waals surface area contributed by atoms with Crippen molar-refractivity contribution in [1.29, 1.82) is 5.26 Å². The van der Waals surface area contributed by atoms with Gasteiger partial charge < -0.3 is 15.4 Å². The summed E-state index contributed by atoms with van der Waals surface area (Å²) in [5.74, 6) is 1.27. The highest BCUT2D eigenvalue weighted by molar-refractivity contribution is 5.97. The maximum atomic E-state index is 14.0. The maximum Gasteiger partial charge on any atom is 0.335 e. The van der Waals surface area contributed by atoms with E-state index >= 15 is 0 Å². The Balaban J connectivity index is 1.24. The number of fused-ring (bicyclic) bond motifs is 1. The van der Waals surface area contributed by atoms with Crippen molar-refractivity contribution >= 4 is 22.9 Å². The van der Waals surface area contributed by atoms with Crippen molar-refractivity contribution in [2.24, 2.45) is 0 Å². The van der Waals surface area contributed by atoms with Crippen molar-refractivity contribution in [1.82, 2.24) is 28.9 Å². The molecule has 6 rings (SSSR count). The van der Waals surface area contributed by atoms with Gasteiger partial charge in [0.15, 0.2) is 11.5 Å². The van der Waals surface area contributed by atoms with E-state index in [2.05, 4.69) is 20.9 Å². The molecular formula is C32H34N8O3. The number of anilines is 1. The lowest BCUT2D eigenvalue weighted by atomic mass is 9.94. The van der Waals surface area contributed by atoms with Gasteiger partial charge in [-0.05, 0) is 75.6 Å². The zero-order valence-corrected chi connectivity index (χ0v) is 24.3. The molecule has 1 amide bonds. The normalized spacial score (nSPS) is 16.6. The van der Waals surface area contributed by atoms with Crippen LogP contribution in [-0.4, -0.2) is 66.5 Å². The SMILES string of the molecule is CC(C)(/C=C(/C#N)C(=O)N1CCC(n2c(=O)n(-c3ccc(Oc4ccccc4)cc3)c3c(N)ncnc32)CC1)N1CCC1. The number of aromatic nitrogens is 4. The fourth-order valence-corrected chi connectivity index (χ4v) is 5.90. The predicted molar refractivity (Wildman–Crippen MR) is 163 cm³/mol. The van der Waals surface area contributed by atoms with Gasteiger partial charge in [-0.2, -0.15) is 5.26 Å². The molecule has 0 unspecified atom stereocenters. The molecule has 11 nitrogen and oxygen atoms in total. The van der Waals surface area contributed by atoms with Gasteiger partial charge in [0.1, 0.15) is 35.0 Å². The molecule has 220 valence electrons. The number of carbonyl (C=O) groups excluding carboxylic acids is 1. The number of ether oxygens (including phenoxy) is 1. The summed E-state index contributed by atoms with van der Waals surface area (Å²) in [6.45, 7) is 6.81. The molecule has 4 heterocycles. The first kappa shape index (κ1) is 28.2. The second-order valence-electron chi connectivity index (χ2n) is 11.5. The van der Waals surface area contributed by atoms with Gasteiger partial charge in [0.25, 0.3) is 5.91 Å². The lowest BCUT2D eigenvalue weighted by molar-refractivity contribution is -0.128. The molecule has 2 aromatic carbocycles. The van der Waals surface area contributed by atoms with Gasteiger partial charge in [-0.25, -0.2) is 14.8 Å². The number of benzene rings is 2. The third kappa shape index (κ3) is 5.37. The largest absolute Gasteiger partial charge is 0.457 e. The van der Waals surface area contributed by atoms with E-state index in [0.717, 1.165) is 19.5 Å². The van der Waals surface area contributed by atoms with Crippen LogP contribution in [0.15, 0.2) is 77.4 Å². The van der Waals surface area contributed by atoms with Gasteiger partial charge in [-0.1, -0.05) is 18.2 Å². The Morgan fingerprint density at radius 1 is 1.02 bits per heavy atom. The summed E-state index contributed by atoms with van der Waals surface area (Å²) in [6, 6.07) is 18.6. The van der Waals surface area contributed by atoms with Gasteiger partial charge in [0.2, 0.25) is 0 Å². The summed E-state index contributed by atoms with van der Waals surface area (Å²) >= 11 is 0. The Labute approximate surface area is 249 Å². The number of nitrogen functional groups attached to an aromatic ring is 1. The van der Waals surface area contributed by atoms with Crippen molar-refractivity contribution in [3.05, 3.63) is 83.1 Å². The lowest BCUT2D eigenvalue weighted by Gasteiger charge is -2.43. The fraction of sp³-hybridized carbons (Fsp3) is 0.344. The summed E-state index contributed by atoms with van der Waals surface area (Å²) in [5, 5.41) is 9.81. The number of rotatable bonds is 7. The van der Waals surface area contributed by atoms with Crippen molar-refractivity contribution < 1.29 is 9.53 Å². The predicted octanol–water partition coefficient (Wildman–Crippen LogP) is 4.05. The Hall–Kier alpha value is -4.95. The minimum absolute atomic E-state index is 0.157. The molecule has 0 bridgehead atoms. The second-order valence-corrected chi connectivity index (χ2v) is 11.5. The highest BCUT2D eigenvalue weighted by Gasteiger charge is 2.33. The third-order valence-electron chi connectivity index (χ3n) is 8.39. The number of likely N-dealkylation sites (tertiary alicyclic amines) is 2. The third-order valence-corrected chi connectivity index (χ3v) is 8.39. The molecule has 2 N–H and O–H groups in total. The molecule has 2 saturated heterocycles. The lowest BCUT2D eigenvalue weighted by Crippen LogP contribution is -2.51. The van der Waals surface area contributed by atoms with E-state index in [1.54, 1.807) is 39.8 Å². The van der Waals surface area contributed by atoms with Gasteiger partial charge in [-0.15, -0.1) is 0 Å². The van der Waals surface area contributed by atoms with Gasteiger partial charge in [-0.3, -0.25) is 18.8 Å². The summed E-state index contributed by atoms with van der Waals surface area (Å²) < 4.78 is 9.11. The van der Waals surface area contributed by atoms with Crippen LogP contribution in [0.4, 0.5) is 5.82 Å². The molecule has 0 aliphatic carbocycles. The number of nitrogens with zero attached hydrogens (tertiary/aromatic N) is 7. The summed E-state index contributed by atoms with van der Waals surface area (Å²) in [5.41, 5.74) is 7.30. The zero-order valence-electron chi connectivity index (χ0n) is 24.3. The topological polar surface area (TPSA) is 135 Å². The van der Waals surface area contributed by atoms with Gasteiger partial charge >= 0.3 is 5.69 Å². The molecule has 2 aliphatic rings. The molecule has 0 saturated carbocycles. The van der Waals surface area contributed by atoms with E-state index in [1.165, 1.54) is 10.9 Å². The molecule has 2 aromatic heterocycles. The van der Waals surface area contributed by atoms with Crippen LogP contribution in [0.5, 0.6) is 11.5 Å². The van der Waals surface area contributed by atoms with Crippen LogP contribution < -0.4 is 16.2 Å². The van der Waals surface area contributed by atoms with Crippen LogP contribution >= 0.6 is 0 Å². The molecule has 2 fully saturated rings. The molecule has 0 atom stereocenters. The van der Waals surface area contributed by atoms with Crippen LogP contribution in [0, 0.1) is 11.3 Å². The van der Waals surface area contributed by atoms with E-state index in [0.29, 0.717) is 54.3 Å². The number of hydrogen-bond acceptors (Lipinski definition) is 8. The first-order valence-corrected chi connectivity index (χ1v) is 14.5. The number of piperidine rings is 1. The molecule has 0 spiro atoms. The average molecular weight is 579 g/mol. The fourth-order valence-electron chi connectivity index (χ4n) is 5.90. The molecule has 2 aliphatic heterocycles. The standard InChI is InChI=1S/C32H34N8O3/c1-32(2,38-15-6-16-38)19-22(20-33)30(41)37-17-13-24(14-18-37)40-29-27(28(34)35-21-36-29)39(31(40)42)23-9-11-26(12-10-23)43-25-7-4-3-5-8-25/h3-5,7-12,19,21,24H,6,13-18H2,1-2H3,(H2,34,35,36)/b22-19-. The molecule has 11 heteroatoms. The highest BCUT2D eigenvalue weighted by atomic mass is 16.5. The number of hydrogen-bond donors (Lipinski definition) is 1. The molecular weight excluding hydrogens is 544 g/mol. The van der Waals surface area contributed by atoms with Crippen molar-refractivity contribution in [3.8, 4) is 23.3 Å². The van der Waals surface area contributed by atoms with Crippen LogP contribution in [0.2, 0.25) is 0 Å². The second kappa shape index (κ2) is 11.4. The average Bonchev–Trinajstić information content (AvgIpc) is 3.28. The number of carbonyl (C=O) groups is 1. The summed E-state index contributed by atoms with van der Waals surface area (Å²) in [6.07, 6.45) is 5.34. The number of nitrogens with two attached hydrogens (primary N) is 1. The monoisotopic (exact) mass is 578 g/mol. The van der Waals surface area contributed by atoms with E-state index < -0.39 is 0 Å². The number of imidazole rings is 1. The summed E-state index contributed by atoms with van der Waals surface area (Å²) in [7, 11) is 0. The van der Waals surface area contributed by atoms with Crippen molar-refractivity contribution in [3.63, 3.8) is 0 Å². The van der Waals surface area contributed by atoms with Gasteiger partial charge in [0.05, 0.1) is 5.69 Å². The van der Waals surface area contributed by atoms with Crippen molar-refractivity contribution in [2.75, 3.05) is 31.9 Å². The zero-order chi connectivity index (χ0) is 30.1. The first-order valence-electron chi connectivity index (χ1n) is 14.5. The molecule has 4 aromatic rings. The van der Waals surface area contributed by atoms with Crippen LogP contribution in [0.3, 0.4) is 0 Å². The van der Waals surface area contributed by atoms with Crippen LogP contribution in [0.25, 0.3) is 16.9 Å². The Bertz CT molecular complexity index is 1770. The van der Waals surface area contributed by atoms with E-state index in [9.17, 15) is 14.9 Å².